The summed E-state index contributed by atoms with van der Waals surface area (Å²) in [5, 5.41) is 0. The van der Waals surface area contributed by atoms with Crippen molar-refractivity contribution in [2.45, 2.75) is 31.9 Å². The van der Waals surface area contributed by atoms with Crippen LogP contribution in [0.2, 0.25) is 0 Å². The van der Waals surface area contributed by atoms with Gasteiger partial charge < -0.3 is 9.47 Å². The molecule has 0 aromatic heterocycles. The van der Waals surface area contributed by atoms with Crippen LogP contribution in [0.25, 0.3) is 0 Å². The Balaban J connectivity index is 1.77. The normalized spacial score (nSPS) is 17.5. The van der Waals surface area contributed by atoms with E-state index in [0.717, 1.165) is 16.7 Å². The maximum Gasteiger partial charge on any atom is 0.573 e. The summed E-state index contributed by atoms with van der Waals surface area (Å²) in [6.07, 6.45) is -4.17. The SMILES string of the molecule is COC(=O)C1Cc2ccccc2CN1Cc1ccc(OC(F)(F)F)cc1. The molecule has 0 aliphatic carbocycles. The van der Waals surface area contributed by atoms with Gasteiger partial charge in [-0.05, 0) is 35.2 Å². The van der Waals surface area contributed by atoms with Crippen LogP contribution in [0.4, 0.5) is 13.2 Å². The Bertz CT molecular complexity index is 774. The van der Waals surface area contributed by atoms with Crippen molar-refractivity contribution in [3.8, 4) is 5.75 Å². The molecular formula is C19H18F3NO3. The molecule has 3 rings (SSSR count). The van der Waals surface area contributed by atoms with Gasteiger partial charge in [0.25, 0.3) is 0 Å². The molecule has 1 aliphatic rings. The van der Waals surface area contributed by atoms with Crippen molar-refractivity contribution in [2.75, 3.05) is 7.11 Å². The van der Waals surface area contributed by atoms with Crippen LogP contribution < -0.4 is 4.74 Å². The number of ether oxygens (including phenoxy) is 2. The zero-order valence-electron chi connectivity index (χ0n) is 14.1. The topological polar surface area (TPSA) is 38.8 Å². The maximum absolute atomic E-state index is 12.3. The summed E-state index contributed by atoms with van der Waals surface area (Å²) in [5.41, 5.74) is 3.02. The van der Waals surface area contributed by atoms with Crippen molar-refractivity contribution < 1.29 is 27.4 Å². The molecule has 4 nitrogen and oxygen atoms in total. The van der Waals surface area contributed by atoms with Crippen molar-refractivity contribution in [3.05, 3.63) is 65.2 Å². The van der Waals surface area contributed by atoms with Gasteiger partial charge in [0, 0.05) is 13.1 Å². The minimum Gasteiger partial charge on any atom is -0.468 e. The summed E-state index contributed by atoms with van der Waals surface area (Å²) in [7, 11) is 1.35. The molecular weight excluding hydrogens is 347 g/mol. The van der Waals surface area contributed by atoms with E-state index in [2.05, 4.69) is 4.74 Å². The van der Waals surface area contributed by atoms with Crippen molar-refractivity contribution in [1.29, 1.82) is 0 Å². The van der Waals surface area contributed by atoms with Crippen LogP contribution in [0.3, 0.4) is 0 Å². The summed E-state index contributed by atoms with van der Waals surface area (Å²) >= 11 is 0. The molecule has 2 aromatic rings. The molecule has 0 bridgehead atoms. The fourth-order valence-electron chi connectivity index (χ4n) is 3.14. The van der Waals surface area contributed by atoms with Crippen molar-refractivity contribution >= 4 is 5.97 Å². The van der Waals surface area contributed by atoms with E-state index in [9.17, 15) is 18.0 Å². The third-order valence-corrected chi connectivity index (χ3v) is 4.36. The fraction of sp³-hybridized carbons (Fsp3) is 0.316. The molecule has 26 heavy (non-hydrogen) atoms. The maximum atomic E-state index is 12.3. The highest BCUT2D eigenvalue weighted by Crippen LogP contribution is 2.27. The summed E-state index contributed by atoms with van der Waals surface area (Å²) in [6.45, 7) is 0.983. The second-order valence-electron chi connectivity index (χ2n) is 6.11. The first-order valence-electron chi connectivity index (χ1n) is 8.09. The molecule has 1 atom stereocenters. The largest absolute Gasteiger partial charge is 0.573 e. The first-order chi connectivity index (χ1) is 12.4. The Morgan fingerprint density at radius 2 is 1.77 bits per heavy atom. The second-order valence-corrected chi connectivity index (χ2v) is 6.11. The lowest BCUT2D eigenvalue weighted by Crippen LogP contribution is -2.45. The number of methoxy groups -OCH3 is 1. The van der Waals surface area contributed by atoms with Crippen molar-refractivity contribution in [2.24, 2.45) is 0 Å². The Hall–Kier alpha value is -2.54. The summed E-state index contributed by atoms with van der Waals surface area (Å²) in [6, 6.07) is 13.1. The molecule has 138 valence electrons. The van der Waals surface area contributed by atoms with Crippen LogP contribution in [-0.4, -0.2) is 30.4 Å². The van der Waals surface area contributed by atoms with Gasteiger partial charge in [-0.15, -0.1) is 13.2 Å². The van der Waals surface area contributed by atoms with E-state index in [1.54, 1.807) is 12.1 Å². The Morgan fingerprint density at radius 3 is 2.38 bits per heavy atom. The van der Waals surface area contributed by atoms with E-state index in [1.807, 2.05) is 29.2 Å². The monoisotopic (exact) mass is 365 g/mol. The second kappa shape index (κ2) is 7.37. The number of esters is 1. The predicted molar refractivity (Wildman–Crippen MR) is 88.3 cm³/mol. The smallest absolute Gasteiger partial charge is 0.468 e. The minimum absolute atomic E-state index is 0.269. The number of benzene rings is 2. The van der Waals surface area contributed by atoms with E-state index < -0.39 is 12.4 Å². The van der Waals surface area contributed by atoms with Crippen molar-refractivity contribution in [1.82, 2.24) is 4.90 Å². The lowest BCUT2D eigenvalue weighted by Gasteiger charge is -2.35. The number of rotatable bonds is 4. The first-order valence-corrected chi connectivity index (χ1v) is 8.09. The van der Waals surface area contributed by atoms with Gasteiger partial charge in [-0.2, -0.15) is 0 Å². The van der Waals surface area contributed by atoms with Gasteiger partial charge in [0.1, 0.15) is 11.8 Å². The van der Waals surface area contributed by atoms with E-state index >= 15 is 0 Å². The van der Waals surface area contributed by atoms with Gasteiger partial charge >= 0.3 is 12.3 Å². The summed E-state index contributed by atoms with van der Waals surface area (Å²) < 4.78 is 45.6. The van der Waals surface area contributed by atoms with Gasteiger partial charge in [0.05, 0.1) is 7.11 Å². The minimum atomic E-state index is -4.71. The number of nitrogens with zero attached hydrogens (tertiary/aromatic N) is 1. The number of hydrogen-bond acceptors (Lipinski definition) is 4. The molecule has 0 amide bonds. The van der Waals surface area contributed by atoms with E-state index in [-0.39, 0.29) is 11.7 Å². The molecule has 0 N–H and O–H groups in total. The summed E-state index contributed by atoms with van der Waals surface area (Å²) in [4.78, 5) is 14.1. The number of alkyl halides is 3. The number of halogens is 3. The number of fused-ring (bicyclic) bond motifs is 1. The van der Waals surface area contributed by atoms with Crippen LogP contribution >= 0.6 is 0 Å². The van der Waals surface area contributed by atoms with Crippen LogP contribution in [0, 0.1) is 0 Å². The molecule has 0 spiro atoms. The molecule has 2 aromatic carbocycles. The Morgan fingerprint density at radius 1 is 1.12 bits per heavy atom. The number of carbonyl (C=O) groups is 1. The van der Waals surface area contributed by atoms with Crippen LogP contribution in [0.5, 0.6) is 5.75 Å². The van der Waals surface area contributed by atoms with Crippen molar-refractivity contribution in [3.63, 3.8) is 0 Å². The molecule has 7 heteroatoms. The molecule has 1 aliphatic heterocycles. The molecule has 0 fully saturated rings. The highest BCUT2D eigenvalue weighted by atomic mass is 19.4. The van der Waals surface area contributed by atoms with E-state index in [4.69, 9.17) is 4.74 Å². The third kappa shape index (κ3) is 4.35. The predicted octanol–water partition coefficient (Wildman–Crippen LogP) is 3.69. The Kier molecular flexibility index (Phi) is 5.18. The van der Waals surface area contributed by atoms with Crippen LogP contribution in [0.1, 0.15) is 16.7 Å². The zero-order chi connectivity index (χ0) is 18.7. The average Bonchev–Trinajstić information content (AvgIpc) is 2.61. The van der Waals surface area contributed by atoms with Crippen LogP contribution in [0.15, 0.2) is 48.5 Å². The average molecular weight is 365 g/mol. The van der Waals surface area contributed by atoms with Gasteiger partial charge in [-0.1, -0.05) is 36.4 Å². The lowest BCUT2D eigenvalue weighted by molar-refractivity contribution is -0.274. The molecule has 1 heterocycles. The van der Waals surface area contributed by atoms with Gasteiger partial charge in [-0.3, -0.25) is 9.69 Å². The fourth-order valence-corrected chi connectivity index (χ4v) is 3.14. The van der Waals surface area contributed by atoms with E-state index in [1.165, 1.54) is 19.2 Å². The Labute approximate surface area is 149 Å². The highest BCUT2D eigenvalue weighted by molar-refractivity contribution is 5.76. The number of carbonyl (C=O) groups excluding carboxylic acids is 1. The standard InChI is InChI=1S/C19H18F3NO3/c1-25-18(24)17-10-14-4-2-3-5-15(14)12-23(17)11-13-6-8-16(9-7-13)26-19(20,21)22/h2-9,17H,10-12H2,1H3. The van der Waals surface area contributed by atoms with Gasteiger partial charge in [0.2, 0.25) is 0 Å². The molecule has 0 saturated carbocycles. The quantitative estimate of drug-likeness (QED) is 0.775. The number of hydrogen-bond donors (Lipinski definition) is 0. The molecule has 0 saturated heterocycles. The molecule has 1 unspecified atom stereocenters. The van der Waals surface area contributed by atoms with Gasteiger partial charge in [0.15, 0.2) is 0 Å². The lowest BCUT2D eigenvalue weighted by atomic mass is 9.93. The zero-order valence-corrected chi connectivity index (χ0v) is 14.1. The van der Waals surface area contributed by atoms with E-state index in [0.29, 0.717) is 19.5 Å². The van der Waals surface area contributed by atoms with Gasteiger partial charge in [-0.25, -0.2) is 0 Å². The molecule has 0 radical (unpaired) electrons. The third-order valence-electron chi connectivity index (χ3n) is 4.36. The highest BCUT2D eigenvalue weighted by Gasteiger charge is 2.33. The summed E-state index contributed by atoms with van der Waals surface area (Å²) in [5.74, 6) is -0.591. The van der Waals surface area contributed by atoms with Crippen LogP contribution in [-0.2, 0) is 29.0 Å². The first kappa shape index (κ1) is 18.3.